The topological polar surface area (TPSA) is 83.5 Å². The standard InChI is InChI=1S/C10H12ClNO3/c11-6-1-2-7(8(12)5-6)9(13)3-4-10(14)15/h1-2,5,9,13H,3-4,12H2,(H,14,15). The predicted molar refractivity (Wildman–Crippen MR) is 57.7 cm³/mol. The number of anilines is 1. The fourth-order valence-corrected chi connectivity index (χ4v) is 1.45. The smallest absolute Gasteiger partial charge is 0.303 e. The molecule has 0 aliphatic rings. The molecule has 1 aromatic rings. The van der Waals surface area contributed by atoms with E-state index < -0.39 is 12.1 Å². The predicted octanol–water partition coefficient (Wildman–Crippen LogP) is 1.82. The van der Waals surface area contributed by atoms with Crippen LogP contribution in [0.3, 0.4) is 0 Å². The van der Waals surface area contributed by atoms with Crippen molar-refractivity contribution in [2.45, 2.75) is 18.9 Å². The lowest BCUT2D eigenvalue weighted by molar-refractivity contribution is -0.137. The Morgan fingerprint density at radius 1 is 1.53 bits per heavy atom. The Morgan fingerprint density at radius 2 is 2.20 bits per heavy atom. The molecule has 0 fully saturated rings. The van der Waals surface area contributed by atoms with E-state index in [-0.39, 0.29) is 12.8 Å². The van der Waals surface area contributed by atoms with Crippen LogP contribution in [-0.4, -0.2) is 16.2 Å². The first-order valence-corrected chi connectivity index (χ1v) is 4.83. The summed E-state index contributed by atoms with van der Waals surface area (Å²) >= 11 is 5.69. The Kier molecular flexibility index (Phi) is 3.94. The van der Waals surface area contributed by atoms with Crippen LogP contribution in [0.4, 0.5) is 5.69 Å². The maximum absolute atomic E-state index is 10.3. The Bertz CT molecular complexity index is 368. The summed E-state index contributed by atoms with van der Waals surface area (Å²) in [6.07, 6.45) is -0.817. The number of rotatable bonds is 4. The number of nitrogen functional groups attached to an aromatic ring is 1. The lowest BCUT2D eigenvalue weighted by atomic mass is 10.0. The van der Waals surface area contributed by atoms with Gasteiger partial charge in [0, 0.05) is 22.7 Å². The second-order valence-corrected chi connectivity index (χ2v) is 3.66. The zero-order valence-corrected chi connectivity index (χ0v) is 8.74. The molecule has 0 saturated heterocycles. The number of carboxylic acids is 1. The molecular weight excluding hydrogens is 218 g/mol. The molecule has 4 N–H and O–H groups in total. The van der Waals surface area contributed by atoms with Gasteiger partial charge in [0.15, 0.2) is 0 Å². The molecule has 0 saturated carbocycles. The van der Waals surface area contributed by atoms with Crippen molar-refractivity contribution in [3.05, 3.63) is 28.8 Å². The lowest BCUT2D eigenvalue weighted by Gasteiger charge is -2.12. The van der Waals surface area contributed by atoms with Gasteiger partial charge in [0.1, 0.15) is 0 Å². The molecular formula is C10H12ClNO3. The minimum atomic E-state index is -0.943. The van der Waals surface area contributed by atoms with Gasteiger partial charge < -0.3 is 15.9 Å². The molecule has 5 heteroatoms. The summed E-state index contributed by atoms with van der Waals surface area (Å²) in [5.74, 6) is -0.943. The van der Waals surface area contributed by atoms with Crippen molar-refractivity contribution >= 4 is 23.3 Å². The van der Waals surface area contributed by atoms with Crippen molar-refractivity contribution in [3.63, 3.8) is 0 Å². The number of aliphatic hydroxyl groups is 1. The Morgan fingerprint density at radius 3 is 2.73 bits per heavy atom. The largest absolute Gasteiger partial charge is 0.481 e. The molecule has 0 spiro atoms. The van der Waals surface area contributed by atoms with Crippen LogP contribution in [0.25, 0.3) is 0 Å². The molecule has 4 nitrogen and oxygen atoms in total. The minimum absolute atomic E-state index is 0.0940. The molecule has 82 valence electrons. The van der Waals surface area contributed by atoms with Gasteiger partial charge in [0.2, 0.25) is 0 Å². The van der Waals surface area contributed by atoms with Gasteiger partial charge in [-0.3, -0.25) is 4.79 Å². The highest BCUT2D eigenvalue weighted by atomic mass is 35.5. The summed E-state index contributed by atoms with van der Waals surface area (Å²) in [7, 11) is 0. The van der Waals surface area contributed by atoms with E-state index in [1.807, 2.05) is 0 Å². The van der Waals surface area contributed by atoms with Crippen LogP contribution in [0.1, 0.15) is 24.5 Å². The number of carbonyl (C=O) groups is 1. The Hall–Kier alpha value is -1.26. The highest BCUT2D eigenvalue weighted by molar-refractivity contribution is 6.30. The van der Waals surface area contributed by atoms with Crippen molar-refractivity contribution in [2.24, 2.45) is 0 Å². The van der Waals surface area contributed by atoms with E-state index in [4.69, 9.17) is 22.4 Å². The third kappa shape index (κ3) is 3.42. The Balaban J connectivity index is 2.73. The molecule has 0 radical (unpaired) electrons. The van der Waals surface area contributed by atoms with E-state index in [1.54, 1.807) is 12.1 Å². The average Bonchev–Trinajstić information content (AvgIpc) is 2.14. The SMILES string of the molecule is Nc1cc(Cl)ccc1C(O)CCC(=O)O. The number of hydrogen-bond acceptors (Lipinski definition) is 3. The summed E-state index contributed by atoms with van der Waals surface area (Å²) in [5, 5.41) is 18.6. The van der Waals surface area contributed by atoms with Gasteiger partial charge >= 0.3 is 5.97 Å². The van der Waals surface area contributed by atoms with E-state index in [0.717, 1.165) is 0 Å². The minimum Gasteiger partial charge on any atom is -0.481 e. The van der Waals surface area contributed by atoms with Crippen molar-refractivity contribution in [1.82, 2.24) is 0 Å². The molecule has 1 unspecified atom stereocenters. The van der Waals surface area contributed by atoms with Crippen LogP contribution < -0.4 is 5.73 Å². The van der Waals surface area contributed by atoms with Gasteiger partial charge in [-0.15, -0.1) is 0 Å². The quantitative estimate of drug-likeness (QED) is 0.688. The molecule has 0 amide bonds. The first kappa shape index (κ1) is 11.8. The van der Waals surface area contributed by atoms with Crippen LogP contribution in [-0.2, 0) is 4.79 Å². The molecule has 0 aliphatic carbocycles. The van der Waals surface area contributed by atoms with Crippen molar-refractivity contribution in [1.29, 1.82) is 0 Å². The third-order valence-corrected chi connectivity index (χ3v) is 2.27. The molecule has 0 aliphatic heterocycles. The number of nitrogens with two attached hydrogens (primary N) is 1. The van der Waals surface area contributed by atoms with E-state index in [1.165, 1.54) is 6.07 Å². The average molecular weight is 230 g/mol. The van der Waals surface area contributed by atoms with Gasteiger partial charge in [-0.05, 0) is 18.6 Å². The summed E-state index contributed by atoms with van der Waals surface area (Å²) in [6.45, 7) is 0. The summed E-state index contributed by atoms with van der Waals surface area (Å²) < 4.78 is 0. The van der Waals surface area contributed by atoms with Gasteiger partial charge in [-0.25, -0.2) is 0 Å². The number of aliphatic hydroxyl groups excluding tert-OH is 1. The van der Waals surface area contributed by atoms with Crippen LogP contribution in [0.5, 0.6) is 0 Å². The number of benzene rings is 1. The summed E-state index contributed by atoms with van der Waals surface area (Å²) in [6, 6.07) is 4.74. The van der Waals surface area contributed by atoms with Crippen molar-refractivity contribution < 1.29 is 15.0 Å². The number of carboxylic acid groups (broad SMARTS) is 1. The van der Waals surface area contributed by atoms with Crippen molar-refractivity contribution in [2.75, 3.05) is 5.73 Å². The third-order valence-electron chi connectivity index (χ3n) is 2.04. The van der Waals surface area contributed by atoms with E-state index in [0.29, 0.717) is 16.3 Å². The maximum Gasteiger partial charge on any atom is 0.303 e. The highest BCUT2D eigenvalue weighted by Crippen LogP contribution is 2.26. The molecule has 1 rings (SSSR count). The molecule has 1 atom stereocenters. The van der Waals surface area contributed by atoms with E-state index in [2.05, 4.69) is 0 Å². The number of hydrogen-bond donors (Lipinski definition) is 3. The van der Waals surface area contributed by atoms with Crippen LogP contribution >= 0.6 is 11.6 Å². The van der Waals surface area contributed by atoms with Gasteiger partial charge in [0.05, 0.1) is 6.10 Å². The van der Waals surface area contributed by atoms with E-state index >= 15 is 0 Å². The molecule has 0 heterocycles. The number of aliphatic carboxylic acids is 1. The zero-order chi connectivity index (χ0) is 11.4. The summed E-state index contributed by atoms with van der Waals surface area (Å²) in [5.41, 5.74) is 6.53. The molecule has 1 aromatic carbocycles. The zero-order valence-electron chi connectivity index (χ0n) is 7.98. The monoisotopic (exact) mass is 229 g/mol. The molecule has 0 bridgehead atoms. The van der Waals surface area contributed by atoms with Gasteiger partial charge in [-0.2, -0.15) is 0 Å². The fraction of sp³-hybridized carbons (Fsp3) is 0.300. The maximum atomic E-state index is 10.3. The lowest BCUT2D eigenvalue weighted by Crippen LogP contribution is -2.05. The van der Waals surface area contributed by atoms with Crippen molar-refractivity contribution in [3.8, 4) is 0 Å². The molecule has 0 aromatic heterocycles. The fourth-order valence-electron chi connectivity index (χ4n) is 1.26. The Labute approximate surface area is 92.3 Å². The van der Waals surface area contributed by atoms with Gasteiger partial charge in [0.25, 0.3) is 0 Å². The second-order valence-electron chi connectivity index (χ2n) is 3.22. The normalized spacial score (nSPS) is 12.4. The number of halogens is 1. The second kappa shape index (κ2) is 5.00. The first-order chi connectivity index (χ1) is 7.00. The van der Waals surface area contributed by atoms with Crippen LogP contribution in [0, 0.1) is 0 Å². The van der Waals surface area contributed by atoms with Crippen LogP contribution in [0.15, 0.2) is 18.2 Å². The molecule has 15 heavy (non-hydrogen) atoms. The van der Waals surface area contributed by atoms with Crippen LogP contribution in [0.2, 0.25) is 5.02 Å². The first-order valence-electron chi connectivity index (χ1n) is 4.45. The summed E-state index contributed by atoms with van der Waals surface area (Å²) in [4.78, 5) is 10.3. The van der Waals surface area contributed by atoms with Gasteiger partial charge in [-0.1, -0.05) is 17.7 Å². The highest BCUT2D eigenvalue weighted by Gasteiger charge is 2.12. The van der Waals surface area contributed by atoms with E-state index in [9.17, 15) is 9.90 Å².